The first-order valence-electron chi connectivity index (χ1n) is 10.2. The fourth-order valence-corrected chi connectivity index (χ4v) is 4.18. The molecule has 156 valence electrons. The summed E-state index contributed by atoms with van der Waals surface area (Å²) in [6, 6.07) is 11.9. The molecule has 1 atom stereocenters. The fraction of sp³-hybridized carbons (Fsp3) is 0.348. The van der Waals surface area contributed by atoms with E-state index in [-0.39, 0.29) is 17.0 Å². The number of carbonyl (C=O) groups is 1. The average Bonchev–Trinajstić information content (AvgIpc) is 2.77. The van der Waals surface area contributed by atoms with E-state index in [1.807, 2.05) is 12.1 Å². The Morgan fingerprint density at radius 1 is 1.20 bits per heavy atom. The first-order valence-corrected chi connectivity index (χ1v) is 11.1. The van der Waals surface area contributed by atoms with Crippen LogP contribution in [0.5, 0.6) is 0 Å². The molecule has 7 heteroatoms. The number of halogens is 1. The van der Waals surface area contributed by atoms with Gasteiger partial charge in [0.1, 0.15) is 11.5 Å². The van der Waals surface area contributed by atoms with Crippen molar-refractivity contribution in [1.82, 2.24) is 9.97 Å². The SMILES string of the molecule is CCCSC(=O)c1ccc2nc(-c3ccc(F)cc3)c(N3CCOC[C@@H]3C)nc2c1. The normalized spacial score (nSPS) is 16.8. The number of ether oxygens (including phenoxy) is 1. The fourth-order valence-electron chi connectivity index (χ4n) is 3.49. The summed E-state index contributed by atoms with van der Waals surface area (Å²) in [5.41, 5.74) is 3.52. The van der Waals surface area contributed by atoms with Crippen LogP contribution in [0.4, 0.5) is 10.2 Å². The Labute approximate surface area is 179 Å². The number of anilines is 1. The van der Waals surface area contributed by atoms with Crippen LogP contribution in [0, 0.1) is 5.82 Å². The Morgan fingerprint density at radius 2 is 2.00 bits per heavy atom. The van der Waals surface area contributed by atoms with E-state index in [9.17, 15) is 9.18 Å². The van der Waals surface area contributed by atoms with Crippen molar-refractivity contribution in [3.63, 3.8) is 0 Å². The van der Waals surface area contributed by atoms with Crippen molar-refractivity contribution in [2.45, 2.75) is 26.3 Å². The summed E-state index contributed by atoms with van der Waals surface area (Å²) < 4.78 is 19.1. The molecule has 0 spiro atoms. The van der Waals surface area contributed by atoms with Gasteiger partial charge < -0.3 is 9.64 Å². The molecular formula is C23H24FN3O2S. The highest BCUT2D eigenvalue weighted by molar-refractivity contribution is 8.14. The van der Waals surface area contributed by atoms with Gasteiger partial charge in [0.05, 0.1) is 30.3 Å². The van der Waals surface area contributed by atoms with Crippen LogP contribution < -0.4 is 4.90 Å². The molecule has 3 aromatic rings. The number of carbonyl (C=O) groups excluding carboxylic acids is 1. The number of rotatable bonds is 5. The summed E-state index contributed by atoms with van der Waals surface area (Å²) in [5, 5.41) is 0.0458. The van der Waals surface area contributed by atoms with Gasteiger partial charge in [-0.15, -0.1) is 0 Å². The number of aromatic nitrogens is 2. The Hall–Kier alpha value is -2.51. The lowest BCUT2D eigenvalue weighted by molar-refractivity contribution is 0.0986. The topological polar surface area (TPSA) is 55.3 Å². The molecule has 1 saturated heterocycles. The van der Waals surface area contributed by atoms with Gasteiger partial charge >= 0.3 is 0 Å². The summed E-state index contributed by atoms with van der Waals surface area (Å²) in [7, 11) is 0. The molecule has 4 rings (SSSR count). The average molecular weight is 426 g/mol. The summed E-state index contributed by atoms with van der Waals surface area (Å²) >= 11 is 1.32. The van der Waals surface area contributed by atoms with Crippen LogP contribution in [0.15, 0.2) is 42.5 Å². The van der Waals surface area contributed by atoms with E-state index < -0.39 is 0 Å². The zero-order valence-corrected chi connectivity index (χ0v) is 17.9. The van der Waals surface area contributed by atoms with Gasteiger partial charge in [-0.25, -0.2) is 14.4 Å². The van der Waals surface area contributed by atoms with Gasteiger partial charge in [0, 0.05) is 23.4 Å². The molecule has 0 bridgehead atoms. The van der Waals surface area contributed by atoms with Crippen LogP contribution in [-0.2, 0) is 4.74 Å². The Kier molecular flexibility index (Phi) is 6.29. The Balaban J connectivity index is 1.83. The summed E-state index contributed by atoms with van der Waals surface area (Å²) in [6.45, 7) is 6.05. The minimum Gasteiger partial charge on any atom is -0.377 e. The zero-order valence-electron chi connectivity index (χ0n) is 17.1. The van der Waals surface area contributed by atoms with E-state index in [1.54, 1.807) is 18.2 Å². The maximum absolute atomic E-state index is 13.5. The van der Waals surface area contributed by atoms with Crippen LogP contribution in [-0.4, -0.2) is 46.6 Å². The minimum absolute atomic E-state index is 0.0458. The molecular weight excluding hydrogens is 401 g/mol. The second kappa shape index (κ2) is 9.10. The number of hydrogen-bond donors (Lipinski definition) is 0. The van der Waals surface area contributed by atoms with E-state index in [0.29, 0.717) is 42.0 Å². The molecule has 0 saturated carbocycles. The molecule has 1 fully saturated rings. The van der Waals surface area contributed by atoms with Gasteiger partial charge in [-0.05, 0) is 55.8 Å². The molecule has 0 amide bonds. The van der Waals surface area contributed by atoms with Crippen molar-refractivity contribution < 1.29 is 13.9 Å². The highest BCUT2D eigenvalue weighted by Gasteiger charge is 2.25. The van der Waals surface area contributed by atoms with Crippen molar-refractivity contribution >= 4 is 33.7 Å². The quantitative estimate of drug-likeness (QED) is 0.577. The molecule has 1 aliphatic rings. The molecule has 0 unspecified atom stereocenters. The second-order valence-corrected chi connectivity index (χ2v) is 8.43. The number of nitrogens with zero attached hydrogens (tertiary/aromatic N) is 3. The molecule has 2 aromatic carbocycles. The van der Waals surface area contributed by atoms with Crippen molar-refractivity contribution in [2.75, 3.05) is 30.4 Å². The standard InChI is InChI=1S/C23H24FN3O2S/c1-3-12-30-23(28)17-6-9-19-20(13-17)26-22(27-10-11-29-14-15(27)2)21(25-19)16-4-7-18(24)8-5-16/h4-9,13,15H,3,10-12,14H2,1-2H3/t15-/m0/s1. The van der Waals surface area contributed by atoms with Gasteiger partial charge in [0.15, 0.2) is 5.82 Å². The Morgan fingerprint density at radius 3 is 2.73 bits per heavy atom. The molecule has 0 aliphatic carbocycles. The largest absolute Gasteiger partial charge is 0.377 e. The number of fused-ring (bicyclic) bond motifs is 1. The minimum atomic E-state index is -0.290. The van der Waals surface area contributed by atoms with E-state index in [1.165, 1.54) is 23.9 Å². The van der Waals surface area contributed by atoms with Gasteiger partial charge in [0.25, 0.3) is 0 Å². The van der Waals surface area contributed by atoms with Crippen LogP contribution >= 0.6 is 11.8 Å². The lowest BCUT2D eigenvalue weighted by Gasteiger charge is -2.35. The first-order chi connectivity index (χ1) is 14.6. The van der Waals surface area contributed by atoms with Gasteiger partial charge in [-0.3, -0.25) is 4.79 Å². The number of morpholine rings is 1. The summed E-state index contributed by atoms with van der Waals surface area (Å²) in [5.74, 6) is 1.24. The highest BCUT2D eigenvalue weighted by atomic mass is 32.2. The smallest absolute Gasteiger partial charge is 0.219 e. The lowest BCUT2D eigenvalue weighted by Crippen LogP contribution is -2.44. The third kappa shape index (κ3) is 4.32. The number of thioether (sulfide) groups is 1. The van der Waals surface area contributed by atoms with Gasteiger partial charge in [0.2, 0.25) is 5.12 Å². The highest BCUT2D eigenvalue weighted by Crippen LogP contribution is 2.32. The third-order valence-electron chi connectivity index (χ3n) is 5.08. The van der Waals surface area contributed by atoms with Crippen molar-refractivity contribution in [2.24, 2.45) is 0 Å². The van der Waals surface area contributed by atoms with Crippen LogP contribution in [0.1, 0.15) is 30.6 Å². The maximum atomic E-state index is 13.5. The van der Waals surface area contributed by atoms with E-state index >= 15 is 0 Å². The molecule has 1 aromatic heterocycles. The molecule has 30 heavy (non-hydrogen) atoms. The van der Waals surface area contributed by atoms with Crippen molar-refractivity contribution in [3.8, 4) is 11.3 Å². The third-order valence-corrected chi connectivity index (χ3v) is 6.19. The lowest BCUT2D eigenvalue weighted by atomic mass is 10.1. The van der Waals surface area contributed by atoms with E-state index in [2.05, 4.69) is 18.7 Å². The molecule has 0 N–H and O–H groups in total. The van der Waals surface area contributed by atoms with Crippen LogP contribution in [0.25, 0.3) is 22.3 Å². The van der Waals surface area contributed by atoms with E-state index in [0.717, 1.165) is 23.6 Å². The van der Waals surface area contributed by atoms with Crippen LogP contribution in [0.2, 0.25) is 0 Å². The summed E-state index contributed by atoms with van der Waals surface area (Å²) in [4.78, 5) is 24.4. The zero-order chi connectivity index (χ0) is 21.1. The molecule has 2 heterocycles. The second-order valence-electron chi connectivity index (χ2n) is 7.36. The molecule has 5 nitrogen and oxygen atoms in total. The van der Waals surface area contributed by atoms with Crippen molar-refractivity contribution in [3.05, 3.63) is 53.8 Å². The Bertz CT molecular complexity index is 1060. The van der Waals surface area contributed by atoms with Crippen molar-refractivity contribution in [1.29, 1.82) is 0 Å². The van der Waals surface area contributed by atoms with Crippen LogP contribution in [0.3, 0.4) is 0 Å². The maximum Gasteiger partial charge on any atom is 0.219 e. The predicted octanol–water partition coefficient (Wildman–Crippen LogP) is 4.94. The monoisotopic (exact) mass is 425 g/mol. The first kappa shape index (κ1) is 20.8. The molecule has 0 radical (unpaired) electrons. The van der Waals surface area contributed by atoms with Gasteiger partial charge in [-0.2, -0.15) is 0 Å². The number of benzene rings is 2. The number of hydrogen-bond acceptors (Lipinski definition) is 6. The summed E-state index contributed by atoms with van der Waals surface area (Å²) in [6.07, 6.45) is 0.948. The predicted molar refractivity (Wildman–Crippen MR) is 120 cm³/mol. The van der Waals surface area contributed by atoms with Gasteiger partial charge in [-0.1, -0.05) is 18.7 Å². The molecule has 1 aliphatic heterocycles. The van der Waals surface area contributed by atoms with E-state index in [4.69, 9.17) is 14.7 Å².